The van der Waals surface area contributed by atoms with Gasteiger partial charge in [-0.25, -0.2) is 8.78 Å². The maximum atomic E-state index is 13.4. The fourth-order valence-corrected chi connectivity index (χ4v) is 3.35. The van der Waals surface area contributed by atoms with E-state index in [9.17, 15) is 18.4 Å². The highest BCUT2D eigenvalue weighted by Gasteiger charge is 2.26. The Kier molecular flexibility index (Phi) is 6.11. The number of hydrogen-bond acceptors (Lipinski definition) is 6. The number of halogens is 2. The molecule has 0 atom stereocenters. The van der Waals surface area contributed by atoms with Gasteiger partial charge in [0.2, 0.25) is 11.7 Å². The minimum atomic E-state index is -1.07. The van der Waals surface area contributed by atoms with Gasteiger partial charge in [0.25, 0.3) is 11.8 Å². The van der Waals surface area contributed by atoms with Crippen molar-refractivity contribution < 1.29 is 27.6 Å². The average molecular weight is 442 g/mol. The van der Waals surface area contributed by atoms with Crippen LogP contribution in [0.25, 0.3) is 0 Å². The van der Waals surface area contributed by atoms with Crippen LogP contribution in [0.3, 0.4) is 0 Å². The van der Waals surface area contributed by atoms with Crippen molar-refractivity contribution in [1.29, 1.82) is 0 Å². The molecule has 0 saturated carbocycles. The smallest absolute Gasteiger partial charge is 0.254 e. The molecule has 1 saturated heterocycles. The van der Waals surface area contributed by atoms with Crippen LogP contribution in [-0.2, 0) is 6.61 Å². The molecule has 166 valence electrons. The molecule has 4 rings (SSSR count). The first-order chi connectivity index (χ1) is 15.4. The van der Waals surface area contributed by atoms with Gasteiger partial charge in [-0.15, -0.1) is 0 Å². The lowest BCUT2D eigenvalue weighted by Gasteiger charge is -2.35. The summed E-state index contributed by atoms with van der Waals surface area (Å²) < 4.78 is 37.0. The highest BCUT2D eigenvalue weighted by molar-refractivity contribution is 5.96. The van der Waals surface area contributed by atoms with Crippen LogP contribution >= 0.6 is 0 Å². The van der Waals surface area contributed by atoms with E-state index in [1.807, 2.05) is 0 Å². The molecule has 32 heavy (non-hydrogen) atoms. The molecule has 0 bridgehead atoms. The number of carbonyl (C=O) groups excluding carboxylic acids is 2. The molecule has 1 fully saturated rings. The Morgan fingerprint density at radius 3 is 2.09 bits per heavy atom. The molecule has 2 heterocycles. The normalized spacial score (nSPS) is 13.8. The Balaban J connectivity index is 1.30. The number of rotatable bonds is 5. The van der Waals surface area contributed by atoms with E-state index >= 15 is 0 Å². The van der Waals surface area contributed by atoms with E-state index in [1.165, 1.54) is 11.0 Å². The zero-order valence-corrected chi connectivity index (χ0v) is 17.3. The summed E-state index contributed by atoms with van der Waals surface area (Å²) in [6.45, 7) is 3.12. The molecule has 2 amide bonds. The number of carbonyl (C=O) groups is 2. The predicted molar refractivity (Wildman–Crippen MR) is 108 cm³/mol. The van der Waals surface area contributed by atoms with Gasteiger partial charge in [-0.2, -0.15) is 4.98 Å². The molecule has 3 aromatic rings. The number of amides is 2. The fourth-order valence-electron chi connectivity index (χ4n) is 3.35. The monoisotopic (exact) mass is 442 g/mol. The third-order valence-corrected chi connectivity index (χ3v) is 5.06. The van der Waals surface area contributed by atoms with Gasteiger partial charge in [-0.05, 0) is 42.5 Å². The van der Waals surface area contributed by atoms with Crippen molar-refractivity contribution in [3.8, 4) is 5.75 Å². The van der Waals surface area contributed by atoms with Crippen molar-refractivity contribution in [3.05, 3.63) is 76.9 Å². The topological polar surface area (TPSA) is 88.8 Å². The van der Waals surface area contributed by atoms with E-state index in [-0.39, 0.29) is 18.1 Å². The Bertz CT molecular complexity index is 1130. The van der Waals surface area contributed by atoms with Crippen molar-refractivity contribution >= 4 is 11.8 Å². The Labute approximate surface area is 182 Å². The first-order valence-corrected chi connectivity index (χ1v) is 9.96. The van der Waals surface area contributed by atoms with Crippen LogP contribution in [0.4, 0.5) is 8.78 Å². The second-order valence-electron chi connectivity index (χ2n) is 7.26. The standard InChI is InChI=1S/C22H20F2N4O4/c1-14-25-20(26-32-14)13-31-17-5-2-15(3-6-17)21(29)27-8-10-28(11-9-27)22(30)16-4-7-18(23)19(24)12-16/h2-7,12H,8-11,13H2,1H3. The van der Waals surface area contributed by atoms with Crippen LogP contribution in [0.5, 0.6) is 5.75 Å². The third-order valence-electron chi connectivity index (χ3n) is 5.06. The molecule has 0 N–H and O–H groups in total. The Morgan fingerprint density at radius 2 is 1.53 bits per heavy atom. The molecular weight excluding hydrogens is 422 g/mol. The van der Waals surface area contributed by atoms with Gasteiger partial charge >= 0.3 is 0 Å². The van der Waals surface area contributed by atoms with Gasteiger partial charge in [0.15, 0.2) is 18.2 Å². The van der Waals surface area contributed by atoms with E-state index in [0.29, 0.717) is 49.2 Å². The SMILES string of the molecule is Cc1nc(COc2ccc(C(=O)N3CCN(C(=O)c4ccc(F)c(F)c4)CC3)cc2)no1. The molecule has 10 heteroatoms. The minimum absolute atomic E-state index is 0.0789. The molecule has 1 aromatic heterocycles. The van der Waals surface area contributed by atoms with E-state index in [0.717, 1.165) is 12.1 Å². The van der Waals surface area contributed by atoms with Crippen LogP contribution in [0.2, 0.25) is 0 Å². The van der Waals surface area contributed by atoms with Gasteiger partial charge in [-0.1, -0.05) is 5.16 Å². The number of piperazine rings is 1. The first kappa shape index (κ1) is 21.4. The van der Waals surface area contributed by atoms with Crippen molar-refractivity contribution in [2.75, 3.05) is 26.2 Å². The number of hydrogen-bond donors (Lipinski definition) is 0. The summed E-state index contributed by atoms with van der Waals surface area (Å²) in [5.41, 5.74) is 0.573. The molecule has 1 aliphatic rings. The maximum absolute atomic E-state index is 13.4. The lowest BCUT2D eigenvalue weighted by Crippen LogP contribution is -2.50. The average Bonchev–Trinajstić information content (AvgIpc) is 3.24. The number of aryl methyl sites for hydroxylation is 1. The van der Waals surface area contributed by atoms with Crippen LogP contribution < -0.4 is 4.74 Å². The van der Waals surface area contributed by atoms with E-state index < -0.39 is 17.5 Å². The molecule has 0 spiro atoms. The first-order valence-electron chi connectivity index (χ1n) is 9.96. The molecule has 0 unspecified atom stereocenters. The predicted octanol–water partition coefficient (Wildman–Crippen LogP) is 2.83. The lowest BCUT2D eigenvalue weighted by molar-refractivity contribution is 0.0535. The quantitative estimate of drug-likeness (QED) is 0.604. The van der Waals surface area contributed by atoms with Crippen LogP contribution in [-0.4, -0.2) is 57.9 Å². The number of benzene rings is 2. The summed E-state index contributed by atoms with van der Waals surface area (Å²) in [6, 6.07) is 9.77. The molecule has 1 aliphatic heterocycles. The second kappa shape index (κ2) is 9.13. The molecule has 0 radical (unpaired) electrons. The number of ether oxygens (including phenoxy) is 1. The van der Waals surface area contributed by atoms with Crippen LogP contribution in [0, 0.1) is 18.6 Å². The van der Waals surface area contributed by atoms with Gasteiger partial charge in [-0.3, -0.25) is 9.59 Å². The molecule has 2 aromatic carbocycles. The van der Waals surface area contributed by atoms with Crippen molar-refractivity contribution in [2.24, 2.45) is 0 Å². The van der Waals surface area contributed by atoms with Gasteiger partial charge < -0.3 is 19.1 Å². The third kappa shape index (κ3) is 4.74. The van der Waals surface area contributed by atoms with E-state index in [1.54, 1.807) is 36.1 Å². The zero-order valence-electron chi connectivity index (χ0n) is 17.3. The van der Waals surface area contributed by atoms with Crippen LogP contribution in [0.15, 0.2) is 47.0 Å². The van der Waals surface area contributed by atoms with Gasteiger partial charge in [0.05, 0.1) is 0 Å². The van der Waals surface area contributed by atoms with Gasteiger partial charge in [0, 0.05) is 44.2 Å². The van der Waals surface area contributed by atoms with Crippen molar-refractivity contribution in [2.45, 2.75) is 13.5 Å². The maximum Gasteiger partial charge on any atom is 0.254 e. The van der Waals surface area contributed by atoms with E-state index in [2.05, 4.69) is 10.1 Å². The summed E-state index contributed by atoms with van der Waals surface area (Å²) in [7, 11) is 0. The summed E-state index contributed by atoms with van der Waals surface area (Å²) in [4.78, 5) is 32.5. The Hall–Kier alpha value is -3.82. The summed E-state index contributed by atoms with van der Waals surface area (Å²) in [6.07, 6.45) is 0. The summed E-state index contributed by atoms with van der Waals surface area (Å²) in [5, 5.41) is 3.75. The van der Waals surface area contributed by atoms with Crippen molar-refractivity contribution in [1.82, 2.24) is 19.9 Å². The Morgan fingerprint density at radius 1 is 0.938 bits per heavy atom. The fraction of sp³-hybridized carbons (Fsp3) is 0.273. The number of nitrogens with zero attached hydrogens (tertiary/aromatic N) is 4. The van der Waals surface area contributed by atoms with Gasteiger partial charge in [0.1, 0.15) is 5.75 Å². The number of aromatic nitrogens is 2. The molecule has 8 nitrogen and oxygen atoms in total. The largest absolute Gasteiger partial charge is 0.485 e. The highest BCUT2D eigenvalue weighted by atomic mass is 19.2. The molecule has 0 aliphatic carbocycles. The zero-order chi connectivity index (χ0) is 22.7. The van der Waals surface area contributed by atoms with Crippen molar-refractivity contribution in [3.63, 3.8) is 0 Å². The molecular formula is C22H20F2N4O4. The highest BCUT2D eigenvalue weighted by Crippen LogP contribution is 2.17. The summed E-state index contributed by atoms with van der Waals surface area (Å²) in [5.74, 6) is -1.18. The van der Waals surface area contributed by atoms with Crippen LogP contribution in [0.1, 0.15) is 32.4 Å². The minimum Gasteiger partial charge on any atom is -0.485 e. The van der Waals surface area contributed by atoms with E-state index in [4.69, 9.17) is 9.26 Å². The lowest BCUT2D eigenvalue weighted by atomic mass is 10.1. The summed E-state index contributed by atoms with van der Waals surface area (Å²) >= 11 is 0. The second-order valence-corrected chi connectivity index (χ2v) is 7.26.